The van der Waals surface area contributed by atoms with Gasteiger partial charge in [-0.3, -0.25) is 0 Å². The molecule has 1 atom stereocenters. The van der Waals surface area contributed by atoms with Gasteiger partial charge in [-0.25, -0.2) is 0 Å². The van der Waals surface area contributed by atoms with Gasteiger partial charge in [0.1, 0.15) is 0 Å². The second-order valence-electron chi connectivity index (χ2n) is 5.12. The minimum absolute atomic E-state index is 0.447. The average Bonchev–Trinajstić information content (AvgIpc) is 2.12. The van der Waals surface area contributed by atoms with E-state index in [9.17, 15) is 0 Å². The van der Waals surface area contributed by atoms with E-state index in [4.69, 9.17) is 0 Å². The van der Waals surface area contributed by atoms with Crippen molar-refractivity contribution >= 4 is 0 Å². The summed E-state index contributed by atoms with van der Waals surface area (Å²) < 4.78 is 0. The normalized spacial score (nSPS) is 21.1. The summed E-state index contributed by atoms with van der Waals surface area (Å²) in [5, 5.41) is 3.65. The monoisotopic (exact) mass is 210 g/mol. The highest BCUT2D eigenvalue weighted by Crippen LogP contribution is 2.35. The second kappa shape index (κ2) is 5.66. The first kappa shape index (κ1) is 12.7. The molecule has 1 fully saturated rings. The van der Waals surface area contributed by atoms with E-state index in [0.717, 1.165) is 13.0 Å². The fourth-order valence-electron chi connectivity index (χ4n) is 2.20. The van der Waals surface area contributed by atoms with Crippen LogP contribution in [0.3, 0.4) is 0 Å². The number of allylic oxidation sites excluding steroid dienone is 1. The van der Waals surface area contributed by atoms with Gasteiger partial charge in [-0.2, -0.15) is 0 Å². The van der Waals surface area contributed by atoms with Crippen molar-refractivity contribution in [3.63, 3.8) is 0 Å². The maximum atomic E-state index is 3.76. The number of nitrogens with one attached hydrogen (secondary N) is 1. The first-order chi connectivity index (χ1) is 7.10. The summed E-state index contributed by atoms with van der Waals surface area (Å²) >= 11 is 0. The molecule has 88 valence electrons. The van der Waals surface area contributed by atoms with Crippen LogP contribution in [0.2, 0.25) is 0 Å². The maximum absolute atomic E-state index is 3.76. The fraction of sp³-hybridized carbons (Fsp3) is 0.846. The van der Waals surface area contributed by atoms with Gasteiger partial charge in [0, 0.05) is 18.1 Å². The zero-order valence-corrected chi connectivity index (χ0v) is 10.6. The Balaban J connectivity index is 2.25. The summed E-state index contributed by atoms with van der Waals surface area (Å²) in [6, 6.07) is 0.612. The minimum Gasteiger partial charge on any atom is -0.312 e. The van der Waals surface area contributed by atoms with Crippen molar-refractivity contribution in [2.24, 2.45) is 0 Å². The highest BCUT2D eigenvalue weighted by molar-refractivity contribution is 4.98. The lowest BCUT2D eigenvalue weighted by Gasteiger charge is -2.48. The van der Waals surface area contributed by atoms with Gasteiger partial charge in [0.2, 0.25) is 0 Å². The Bertz CT molecular complexity index is 195. The van der Waals surface area contributed by atoms with Gasteiger partial charge >= 0.3 is 0 Å². The molecule has 0 aliphatic heterocycles. The van der Waals surface area contributed by atoms with Gasteiger partial charge in [-0.1, -0.05) is 6.08 Å². The molecule has 1 saturated carbocycles. The van der Waals surface area contributed by atoms with Crippen LogP contribution in [0.15, 0.2) is 12.7 Å². The third-order valence-corrected chi connectivity index (χ3v) is 3.82. The molecule has 0 aromatic carbocycles. The molecule has 0 bridgehead atoms. The van der Waals surface area contributed by atoms with Gasteiger partial charge in [0.25, 0.3) is 0 Å². The zero-order chi connectivity index (χ0) is 11.3. The van der Waals surface area contributed by atoms with Crippen LogP contribution in [0, 0.1) is 0 Å². The summed E-state index contributed by atoms with van der Waals surface area (Å²) in [5.41, 5.74) is 0.447. The Labute approximate surface area is 94.7 Å². The molecule has 0 aromatic heterocycles. The fourth-order valence-corrected chi connectivity index (χ4v) is 2.20. The van der Waals surface area contributed by atoms with Crippen molar-refractivity contribution in [3.05, 3.63) is 12.7 Å². The Morgan fingerprint density at radius 2 is 2.13 bits per heavy atom. The average molecular weight is 210 g/mol. The lowest BCUT2D eigenvalue weighted by Crippen LogP contribution is -2.57. The molecule has 0 saturated heterocycles. The molecular weight excluding hydrogens is 184 g/mol. The van der Waals surface area contributed by atoms with E-state index in [2.05, 4.69) is 37.8 Å². The smallest absolute Gasteiger partial charge is 0.0328 e. The Kier molecular flexibility index (Phi) is 4.81. The van der Waals surface area contributed by atoms with Crippen LogP contribution in [0.4, 0.5) is 0 Å². The standard InChI is InChI=1S/C13H26N2/c1-5-6-8-12(2)14-11-13(15(3)4)9-7-10-13/h5,12,14H,1,6-11H2,2-4H3. The van der Waals surface area contributed by atoms with Gasteiger partial charge in [-0.05, 0) is 53.1 Å². The predicted octanol–water partition coefficient (Wildman–Crippen LogP) is 2.42. The van der Waals surface area contributed by atoms with Crippen LogP contribution in [-0.4, -0.2) is 37.1 Å². The second-order valence-corrected chi connectivity index (χ2v) is 5.12. The third-order valence-electron chi connectivity index (χ3n) is 3.82. The molecule has 2 heteroatoms. The molecule has 1 aliphatic carbocycles. The van der Waals surface area contributed by atoms with E-state index in [1.54, 1.807) is 0 Å². The highest BCUT2D eigenvalue weighted by atomic mass is 15.2. The molecule has 1 aliphatic rings. The molecule has 0 radical (unpaired) electrons. The quantitative estimate of drug-likeness (QED) is 0.649. The van der Waals surface area contributed by atoms with E-state index in [1.807, 2.05) is 6.08 Å². The van der Waals surface area contributed by atoms with Crippen molar-refractivity contribution in [2.45, 2.75) is 50.6 Å². The van der Waals surface area contributed by atoms with Crippen LogP contribution >= 0.6 is 0 Å². The number of hydrogen-bond donors (Lipinski definition) is 1. The molecular formula is C13H26N2. The molecule has 2 nitrogen and oxygen atoms in total. The molecule has 0 spiro atoms. The van der Waals surface area contributed by atoms with E-state index >= 15 is 0 Å². The van der Waals surface area contributed by atoms with Crippen molar-refractivity contribution in [1.82, 2.24) is 10.2 Å². The molecule has 0 heterocycles. The van der Waals surface area contributed by atoms with Gasteiger partial charge in [0.15, 0.2) is 0 Å². The molecule has 0 aromatic rings. The van der Waals surface area contributed by atoms with E-state index in [-0.39, 0.29) is 0 Å². The number of hydrogen-bond acceptors (Lipinski definition) is 2. The summed E-state index contributed by atoms with van der Waals surface area (Å²) in [4.78, 5) is 2.39. The van der Waals surface area contributed by atoms with Crippen molar-refractivity contribution in [1.29, 1.82) is 0 Å². The van der Waals surface area contributed by atoms with Crippen LogP contribution in [0.5, 0.6) is 0 Å². The first-order valence-electron chi connectivity index (χ1n) is 6.12. The van der Waals surface area contributed by atoms with Gasteiger partial charge in [0.05, 0.1) is 0 Å². The molecule has 15 heavy (non-hydrogen) atoms. The van der Waals surface area contributed by atoms with Crippen LogP contribution < -0.4 is 5.32 Å². The summed E-state index contributed by atoms with van der Waals surface area (Å²) in [7, 11) is 4.41. The maximum Gasteiger partial charge on any atom is 0.0328 e. The molecule has 0 amide bonds. The summed E-state index contributed by atoms with van der Waals surface area (Å²) in [5.74, 6) is 0. The van der Waals surface area contributed by atoms with E-state index in [1.165, 1.54) is 25.7 Å². The molecule has 1 N–H and O–H groups in total. The topological polar surface area (TPSA) is 15.3 Å². The molecule has 1 unspecified atom stereocenters. The number of nitrogens with zero attached hydrogens (tertiary/aromatic N) is 1. The Morgan fingerprint density at radius 1 is 1.47 bits per heavy atom. The minimum atomic E-state index is 0.447. The predicted molar refractivity (Wildman–Crippen MR) is 67.2 cm³/mol. The third kappa shape index (κ3) is 3.32. The van der Waals surface area contributed by atoms with Crippen LogP contribution in [0.1, 0.15) is 39.0 Å². The Morgan fingerprint density at radius 3 is 2.53 bits per heavy atom. The van der Waals surface area contributed by atoms with Crippen LogP contribution in [-0.2, 0) is 0 Å². The SMILES string of the molecule is C=CCCC(C)NCC1(N(C)C)CCC1. The van der Waals surface area contributed by atoms with Gasteiger partial charge in [-0.15, -0.1) is 6.58 Å². The van der Waals surface area contributed by atoms with Gasteiger partial charge < -0.3 is 10.2 Å². The zero-order valence-electron chi connectivity index (χ0n) is 10.6. The van der Waals surface area contributed by atoms with E-state index in [0.29, 0.717) is 11.6 Å². The number of rotatable bonds is 7. The van der Waals surface area contributed by atoms with Crippen molar-refractivity contribution in [2.75, 3.05) is 20.6 Å². The Hall–Kier alpha value is -0.340. The lowest BCUT2D eigenvalue weighted by molar-refractivity contribution is 0.0574. The molecule has 1 rings (SSSR count). The lowest BCUT2D eigenvalue weighted by atomic mass is 9.75. The number of likely N-dealkylation sites (N-methyl/N-ethyl adjacent to an activating group) is 1. The van der Waals surface area contributed by atoms with Crippen LogP contribution in [0.25, 0.3) is 0 Å². The van der Waals surface area contributed by atoms with Crippen molar-refractivity contribution < 1.29 is 0 Å². The highest BCUT2D eigenvalue weighted by Gasteiger charge is 2.38. The largest absolute Gasteiger partial charge is 0.312 e. The summed E-state index contributed by atoms with van der Waals surface area (Å²) in [6.45, 7) is 7.17. The van der Waals surface area contributed by atoms with E-state index < -0.39 is 0 Å². The van der Waals surface area contributed by atoms with Crippen molar-refractivity contribution in [3.8, 4) is 0 Å². The summed E-state index contributed by atoms with van der Waals surface area (Å²) in [6.07, 6.45) is 8.41. The first-order valence-corrected chi connectivity index (χ1v) is 6.12.